The van der Waals surface area contributed by atoms with E-state index in [2.05, 4.69) is 15.9 Å². The van der Waals surface area contributed by atoms with Crippen LogP contribution in [0.4, 0.5) is 8.78 Å². The predicted molar refractivity (Wildman–Crippen MR) is 63.3 cm³/mol. The van der Waals surface area contributed by atoms with Crippen molar-refractivity contribution in [2.24, 2.45) is 0 Å². The summed E-state index contributed by atoms with van der Waals surface area (Å²) >= 11 is 3.06. The molecule has 0 saturated carbocycles. The zero-order chi connectivity index (χ0) is 12.1. The zero-order valence-electron chi connectivity index (χ0n) is 8.97. The number of halogens is 3. The van der Waals surface area contributed by atoms with Crippen LogP contribution in [0.15, 0.2) is 18.2 Å². The maximum absolute atomic E-state index is 12.6. The van der Waals surface area contributed by atoms with Gasteiger partial charge in [0.05, 0.1) is 5.33 Å². The van der Waals surface area contributed by atoms with Crippen LogP contribution in [0.1, 0.15) is 30.0 Å². The van der Waals surface area contributed by atoms with Gasteiger partial charge in [0, 0.05) is 12.0 Å². The number of ketones is 1. The Balaban J connectivity index is 2.99. The van der Waals surface area contributed by atoms with Crippen molar-refractivity contribution in [2.75, 3.05) is 5.33 Å². The molecule has 0 saturated heterocycles. The van der Waals surface area contributed by atoms with Gasteiger partial charge in [-0.1, -0.05) is 35.0 Å². The summed E-state index contributed by atoms with van der Waals surface area (Å²) in [5, 5.41) is 0.257. The molecule has 0 spiro atoms. The van der Waals surface area contributed by atoms with Crippen LogP contribution in [0.2, 0.25) is 0 Å². The second-order valence-corrected chi connectivity index (χ2v) is 4.15. The van der Waals surface area contributed by atoms with Gasteiger partial charge in [0.25, 0.3) is 6.43 Å². The molecule has 16 heavy (non-hydrogen) atoms. The van der Waals surface area contributed by atoms with Gasteiger partial charge in [-0.15, -0.1) is 0 Å². The number of hydrogen-bond acceptors (Lipinski definition) is 1. The fraction of sp³-hybridized carbons (Fsp3) is 0.417. The number of benzene rings is 1. The van der Waals surface area contributed by atoms with Gasteiger partial charge in [-0.05, 0) is 23.6 Å². The molecule has 1 nitrogen and oxygen atoms in total. The molecular formula is C12H13BrF2O. The van der Waals surface area contributed by atoms with Crippen molar-refractivity contribution < 1.29 is 13.6 Å². The summed E-state index contributed by atoms with van der Waals surface area (Å²) in [6.45, 7) is 1.90. The van der Waals surface area contributed by atoms with Crippen molar-refractivity contribution in [3.63, 3.8) is 0 Å². The van der Waals surface area contributed by atoms with Crippen molar-refractivity contribution in [2.45, 2.75) is 26.2 Å². The summed E-state index contributed by atoms with van der Waals surface area (Å²) < 4.78 is 25.2. The smallest absolute Gasteiger partial charge is 0.263 e. The maximum Gasteiger partial charge on any atom is 0.263 e. The Kier molecular flexibility index (Phi) is 5.06. The summed E-state index contributed by atoms with van der Waals surface area (Å²) in [4.78, 5) is 11.2. The van der Waals surface area contributed by atoms with Crippen LogP contribution >= 0.6 is 15.9 Å². The van der Waals surface area contributed by atoms with Crippen molar-refractivity contribution in [1.82, 2.24) is 0 Å². The Labute approximate surface area is 102 Å². The van der Waals surface area contributed by atoms with Gasteiger partial charge < -0.3 is 0 Å². The Morgan fingerprint density at radius 2 is 1.94 bits per heavy atom. The second-order valence-electron chi connectivity index (χ2n) is 3.59. The minimum atomic E-state index is -2.48. The minimum Gasteiger partial charge on any atom is -0.298 e. The average Bonchev–Trinajstić information content (AvgIpc) is 2.28. The summed E-state index contributed by atoms with van der Waals surface area (Å²) in [5.41, 5.74) is 1.51. The zero-order valence-corrected chi connectivity index (χ0v) is 10.6. The van der Waals surface area contributed by atoms with Crippen LogP contribution in [0.5, 0.6) is 0 Å². The molecule has 0 fully saturated rings. The lowest BCUT2D eigenvalue weighted by molar-refractivity contribution is -0.115. The van der Waals surface area contributed by atoms with Gasteiger partial charge >= 0.3 is 0 Å². The Morgan fingerprint density at radius 1 is 1.31 bits per heavy atom. The maximum atomic E-state index is 12.6. The van der Waals surface area contributed by atoms with Crippen LogP contribution < -0.4 is 0 Å². The van der Waals surface area contributed by atoms with Crippen molar-refractivity contribution in [1.29, 1.82) is 0 Å². The van der Waals surface area contributed by atoms with Gasteiger partial charge in [0.15, 0.2) is 0 Å². The van der Waals surface area contributed by atoms with E-state index in [0.29, 0.717) is 12.0 Å². The number of carbonyl (C=O) groups excluding carboxylic acids is 1. The van der Waals surface area contributed by atoms with Crippen LogP contribution in [-0.2, 0) is 17.6 Å². The molecular weight excluding hydrogens is 278 g/mol. The largest absolute Gasteiger partial charge is 0.298 e. The fourth-order valence-corrected chi connectivity index (χ4v) is 1.70. The Bertz CT molecular complexity index is 377. The molecule has 0 aliphatic rings. The molecule has 0 bridgehead atoms. The van der Waals surface area contributed by atoms with Crippen molar-refractivity contribution >= 4 is 21.7 Å². The van der Waals surface area contributed by atoms with E-state index in [0.717, 1.165) is 5.56 Å². The Morgan fingerprint density at radius 3 is 2.44 bits per heavy atom. The normalized spacial score (nSPS) is 10.8. The van der Waals surface area contributed by atoms with Crippen LogP contribution in [0.25, 0.3) is 0 Å². The van der Waals surface area contributed by atoms with Gasteiger partial charge in [-0.3, -0.25) is 4.79 Å². The van der Waals surface area contributed by atoms with Crippen LogP contribution in [-0.4, -0.2) is 11.1 Å². The monoisotopic (exact) mass is 290 g/mol. The molecule has 1 rings (SSSR count). The number of carbonyl (C=O) groups is 1. The van der Waals surface area contributed by atoms with Gasteiger partial charge in [0.2, 0.25) is 0 Å². The molecule has 0 aliphatic carbocycles. The molecule has 0 N–H and O–H groups in total. The van der Waals surface area contributed by atoms with E-state index in [4.69, 9.17) is 0 Å². The summed E-state index contributed by atoms with van der Waals surface area (Å²) in [6.07, 6.45) is -1.58. The number of hydrogen-bond donors (Lipinski definition) is 0. The number of rotatable bonds is 5. The third kappa shape index (κ3) is 3.67. The van der Waals surface area contributed by atoms with E-state index in [1.165, 1.54) is 12.1 Å². The van der Waals surface area contributed by atoms with Crippen molar-refractivity contribution in [3.8, 4) is 0 Å². The number of alkyl halides is 3. The first-order valence-electron chi connectivity index (χ1n) is 5.05. The summed E-state index contributed by atoms with van der Waals surface area (Å²) in [6, 6.07) is 4.71. The first kappa shape index (κ1) is 13.3. The summed E-state index contributed by atoms with van der Waals surface area (Å²) in [5.74, 6) is -0.00605. The molecule has 88 valence electrons. The Hall–Kier alpha value is -0.770. The highest BCUT2D eigenvalue weighted by atomic mass is 79.9. The first-order chi connectivity index (χ1) is 7.56. The molecule has 0 unspecified atom stereocenters. The highest BCUT2D eigenvalue weighted by molar-refractivity contribution is 9.09. The molecule has 0 radical (unpaired) electrons. The molecule has 1 aromatic carbocycles. The van der Waals surface area contributed by atoms with E-state index < -0.39 is 6.43 Å². The molecule has 4 heteroatoms. The molecule has 0 heterocycles. The average molecular weight is 291 g/mol. The third-order valence-corrected chi connectivity index (χ3v) is 2.91. The molecule has 0 amide bonds. The highest BCUT2D eigenvalue weighted by Crippen LogP contribution is 2.22. The molecule has 0 aromatic heterocycles. The quantitative estimate of drug-likeness (QED) is 0.756. The van der Waals surface area contributed by atoms with Gasteiger partial charge in [0.1, 0.15) is 5.78 Å². The second kappa shape index (κ2) is 6.09. The molecule has 0 atom stereocenters. The van der Waals surface area contributed by atoms with Gasteiger partial charge in [-0.2, -0.15) is 0 Å². The number of aryl methyl sites for hydroxylation is 1. The lowest BCUT2D eigenvalue weighted by Crippen LogP contribution is -2.04. The summed E-state index contributed by atoms with van der Waals surface area (Å²) in [7, 11) is 0. The van der Waals surface area contributed by atoms with E-state index in [1.807, 2.05) is 13.0 Å². The number of Topliss-reactive ketones (excluding diaryl/α,β-unsaturated/α-hetero) is 1. The van der Waals surface area contributed by atoms with Crippen molar-refractivity contribution in [3.05, 3.63) is 34.9 Å². The van der Waals surface area contributed by atoms with Gasteiger partial charge in [-0.25, -0.2) is 8.78 Å². The van der Waals surface area contributed by atoms with Crippen LogP contribution in [0, 0.1) is 0 Å². The standard InChI is InChI=1S/C12H13BrF2O/c1-2-8-3-9(6-11(16)7-13)5-10(4-8)12(14)15/h3-5,12H,2,6-7H2,1H3. The molecule has 0 aliphatic heterocycles. The highest BCUT2D eigenvalue weighted by Gasteiger charge is 2.11. The SMILES string of the molecule is CCc1cc(CC(=O)CBr)cc(C(F)F)c1. The van der Waals surface area contributed by atoms with E-state index in [-0.39, 0.29) is 23.1 Å². The first-order valence-corrected chi connectivity index (χ1v) is 6.17. The van der Waals surface area contributed by atoms with E-state index in [9.17, 15) is 13.6 Å². The lowest BCUT2D eigenvalue weighted by atomic mass is 10.0. The predicted octanol–water partition coefficient (Wildman–Crippen LogP) is 3.69. The van der Waals surface area contributed by atoms with E-state index >= 15 is 0 Å². The minimum absolute atomic E-state index is 0.00303. The molecule has 1 aromatic rings. The third-order valence-electron chi connectivity index (χ3n) is 2.29. The fourth-order valence-electron chi connectivity index (χ4n) is 1.50. The van der Waals surface area contributed by atoms with Crippen LogP contribution in [0.3, 0.4) is 0 Å². The topological polar surface area (TPSA) is 17.1 Å². The lowest BCUT2D eigenvalue weighted by Gasteiger charge is -2.07. The van der Waals surface area contributed by atoms with E-state index in [1.54, 1.807) is 0 Å².